The number of imide groups is 1. The van der Waals surface area contributed by atoms with Gasteiger partial charge in [-0.3, -0.25) is 10.1 Å². The summed E-state index contributed by atoms with van der Waals surface area (Å²) in [5.74, 6) is -0.954. The second kappa shape index (κ2) is 9.22. The van der Waals surface area contributed by atoms with Gasteiger partial charge in [-0.25, -0.2) is 9.59 Å². The number of hydrogen-bond donors (Lipinski definition) is 2. The summed E-state index contributed by atoms with van der Waals surface area (Å²) in [5, 5.41) is 4.62. The van der Waals surface area contributed by atoms with Crippen LogP contribution in [0.4, 0.5) is 4.79 Å². The van der Waals surface area contributed by atoms with Crippen LogP contribution in [0.25, 0.3) is 0 Å². The first kappa shape index (κ1) is 19.0. The number of hydrogen-bond acceptors (Lipinski definition) is 5. The van der Waals surface area contributed by atoms with Crippen molar-refractivity contribution in [2.45, 2.75) is 13.0 Å². The molecular formula is C19H20N2O5. The number of methoxy groups -OCH3 is 1. The van der Waals surface area contributed by atoms with Gasteiger partial charge in [0.25, 0.3) is 5.91 Å². The van der Waals surface area contributed by atoms with E-state index in [1.54, 1.807) is 55.5 Å². The predicted octanol–water partition coefficient (Wildman–Crippen LogP) is 2.44. The van der Waals surface area contributed by atoms with E-state index in [1.165, 1.54) is 13.2 Å². The van der Waals surface area contributed by atoms with E-state index in [0.29, 0.717) is 17.9 Å². The van der Waals surface area contributed by atoms with Gasteiger partial charge in [-0.15, -0.1) is 0 Å². The Morgan fingerprint density at radius 3 is 2.42 bits per heavy atom. The molecule has 7 nitrogen and oxygen atoms in total. The van der Waals surface area contributed by atoms with Crippen LogP contribution in [0.1, 0.15) is 28.9 Å². The van der Waals surface area contributed by atoms with Gasteiger partial charge in [0.05, 0.1) is 12.7 Å². The highest BCUT2D eigenvalue weighted by molar-refractivity contribution is 5.99. The minimum atomic E-state index is -1.27. The molecule has 0 aliphatic heterocycles. The minimum absolute atomic E-state index is 0.232. The van der Waals surface area contributed by atoms with Crippen molar-refractivity contribution in [3.05, 3.63) is 65.7 Å². The molecule has 0 heterocycles. The molecule has 0 bridgehead atoms. The number of carbonyl (C=O) groups is 3. The van der Waals surface area contributed by atoms with Gasteiger partial charge in [0, 0.05) is 12.1 Å². The lowest BCUT2D eigenvalue weighted by molar-refractivity contribution is -0.129. The molecule has 0 fully saturated rings. The van der Waals surface area contributed by atoms with Gasteiger partial charge in [0.1, 0.15) is 5.75 Å². The molecule has 0 aliphatic rings. The van der Waals surface area contributed by atoms with Crippen LogP contribution in [0.15, 0.2) is 54.6 Å². The van der Waals surface area contributed by atoms with Crippen LogP contribution in [0.2, 0.25) is 0 Å². The molecule has 136 valence electrons. The van der Waals surface area contributed by atoms with E-state index in [-0.39, 0.29) is 5.56 Å². The smallest absolute Gasteiger partial charge is 0.339 e. The second-order valence-corrected chi connectivity index (χ2v) is 5.28. The fourth-order valence-corrected chi connectivity index (χ4v) is 2.21. The Kier molecular flexibility index (Phi) is 6.73. The van der Waals surface area contributed by atoms with Gasteiger partial charge < -0.3 is 14.8 Å². The lowest BCUT2D eigenvalue weighted by atomic mass is 10.1. The van der Waals surface area contributed by atoms with E-state index >= 15 is 0 Å². The van der Waals surface area contributed by atoms with E-state index in [1.807, 2.05) is 0 Å². The quantitative estimate of drug-likeness (QED) is 0.776. The van der Waals surface area contributed by atoms with Gasteiger partial charge in [-0.05, 0) is 25.1 Å². The van der Waals surface area contributed by atoms with Crippen molar-refractivity contribution in [3.8, 4) is 5.75 Å². The van der Waals surface area contributed by atoms with E-state index in [0.717, 1.165) is 0 Å². The summed E-state index contributed by atoms with van der Waals surface area (Å²) in [5.41, 5.74) is 0.682. The molecular weight excluding hydrogens is 336 g/mol. The Balaban J connectivity index is 2.22. The van der Waals surface area contributed by atoms with Crippen molar-refractivity contribution in [1.82, 2.24) is 10.6 Å². The zero-order valence-electron chi connectivity index (χ0n) is 14.5. The average Bonchev–Trinajstić information content (AvgIpc) is 2.66. The van der Waals surface area contributed by atoms with Crippen molar-refractivity contribution in [2.24, 2.45) is 0 Å². The summed E-state index contributed by atoms with van der Waals surface area (Å²) in [6, 6.07) is 14.2. The SMILES string of the molecule is CCNC(=O)NC(=O)[C@@H](OC(=O)c1cccc(OC)c1)c1ccccc1. The molecule has 0 radical (unpaired) electrons. The third-order valence-corrected chi connectivity index (χ3v) is 3.44. The number of nitrogens with one attached hydrogen (secondary N) is 2. The highest BCUT2D eigenvalue weighted by Gasteiger charge is 2.27. The Morgan fingerprint density at radius 2 is 1.77 bits per heavy atom. The van der Waals surface area contributed by atoms with Gasteiger partial charge in [-0.2, -0.15) is 0 Å². The first-order valence-electron chi connectivity index (χ1n) is 8.03. The van der Waals surface area contributed by atoms with Crippen molar-refractivity contribution in [3.63, 3.8) is 0 Å². The highest BCUT2D eigenvalue weighted by Crippen LogP contribution is 2.21. The number of rotatable bonds is 6. The first-order chi connectivity index (χ1) is 12.5. The maximum absolute atomic E-state index is 12.5. The van der Waals surface area contributed by atoms with E-state index < -0.39 is 24.0 Å². The number of urea groups is 1. The van der Waals surface area contributed by atoms with Gasteiger partial charge >= 0.3 is 12.0 Å². The first-order valence-corrected chi connectivity index (χ1v) is 8.03. The maximum atomic E-state index is 12.5. The largest absolute Gasteiger partial charge is 0.497 e. The van der Waals surface area contributed by atoms with Crippen LogP contribution in [0.5, 0.6) is 5.75 Å². The number of amides is 3. The van der Waals surface area contributed by atoms with Crippen LogP contribution in [-0.4, -0.2) is 31.6 Å². The average molecular weight is 356 g/mol. The molecule has 1 atom stereocenters. The number of esters is 1. The standard InChI is InChI=1S/C19H20N2O5/c1-3-20-19(24)21-17(22)16(13-8-5-4-6-9-13)26-18(23)14-10-7-11-15(12-14)25-2/h4-12,16H,3H2,1-2H3,(H2,20,21,22,24)/t16-/m0/s1. The fourth-order valence-electron chi connectivity index (χ4n) is 2.21. The van der Waals surface area contributed by atoms with Crippen LogP contribution in [0.3, 0.4) is 0 Å². The monoisotopic (exact) mass is 356 g/mol. The lowest BCUT2D eigenvalue weighted by Crippen LogP contribution is -2.42. The zero-order valence-corrected chi connectivity index (χ0v) is 14.5. The molecule has 2 aromatic rings. The third-order valence-electron chi connectivity index (χ3n) is 3.44. The van der Waals surface area contributed by atoms with Crippen molar-refractivity contribution < 1.29 is 23.9 Å². The summed E-state index contributed by atoms with van der Waals surface area (Å²) in [7, 11) is 1.48. The van der Waals surface area contributed by atoms with Crippen LogP contribution < -0.4 is 15.4 Å². The summed E-state index contributed by atoms with van der Waals surface area (Å²) in [6.45, 7) is 2.08. The Labute approximate surface area is 151 Å². The van der Waals surface area contributed by atoms with Crippen molar-refractivity contribution >= 4 is 17.9 Å². The van der Waals surface area contributed by atoms with E-state index in [9.17, 15) is 14.4 Å². The van der Waals surface area contributed by atoms with Gasteiger partial charge in [-0.1, -0.05) is 36.4 Å². The molecule has 2 aromatic carbocycles. The normalized spacial score (nSPS) is 11.2. The molecule has 2 rings (SSSR count). The summed E-state index contributed by atoms with van der Waals surface area (Å²) < 4.78 is 10.5. The molecule has 0 aromatic heterocycles. The fraction of sp³-hybridized carbons (Fsp3) is 0.211. The minimum Gasteiger partial charge on any atom is -0.497 e. The van der Waals surface area contributed by atoms with Crippen molar-refractivity contribution in [2.75, 3.05) is 13.7 Å². The topological polar surface area (TPSA) is 93.7 Å². The molecule has 3 amide bonds. The maximum Gasteiger partial charge on any atom is 0.339 e. The Bertz CT molecular complexity index is 777. The summed E-state index contributed by atoms with van der Waals surface area (Å²) >= 11 is 0. The molecule has 0 saturated carbocycles. The van der Waals surface area contributed by atoms with Crippen LogP contribution in [-0.2, 0) is 9.53 Å². The van der Waals surface area contributed by atoms with Gasteiger partial charge in [0.2, 0.25) is 6.10 Å². The molecule has 7 heteroatoms. The highest BCUT2D eigenvalue weighted by atomic mass is 16.5. The van der Waals surface area contributed by atoms with Crippen molar-refractivity contribution in [1.29, 1.82) is 0 Å². The summed E-state index contributed by atoms with van der Waals surface area (Å²) in [4.78, 5) is 36.5. The number of ether oxygens (including phenoxy) is 2. The molecule has 0 saturated heterocycles. The molecule has 0 spiro atoms. The molecule has 26 heavy (non-hydrogen) atoms. The Hall–Kier alpha value is -3.35. The summed E-state index contributed by atoms with van der Waals surface area (Å²) in [6.07, 6.45) is -1.27. The van der Waals surface area contributed by atoms with Crippen LogP contribution >= 0.6 is 0 Å². The lowest BCUT2D eigenvalue weighted by Gasteiger charge is -2.18. The van der Waals surface area contributed by atoms with Gasteiger partial charge in [0.15, 0.2) is 0 Å². The molecule has 0 aliphatic carbocycles. The second-order valence-electron chi connectivity index (χ2n) is 5.28. The third kappa shape index (κ3) is 5.07. The predicted molar refractivity (Wildman–Crippen MR) is 94.8 cm³/mol. The molecule has 0 unspecified atom stereocenters. The number of carbonyl (C=O) groups excluding carboxylic acids is 3. The van der Waals surface area contributed by atoms with E-state index in [4.69, 9.17) is 9.47 Å². The zero-order chi connectivity index (χ0) is 18.9. The Morgan fingerprint density at radius 1 is 1.04 bits per heavy atom. The van der Waals surface area contributed by atoms with Crippen LogP contribution in [0, 0.1) is 0 Å². The van der Waals surface area contributed by atoms with E-state index in [2.05, 4.69) is 10.6 Å². The molecule has 2 N–H and O–H groups in total. The number of benzene rings is 2.